The quantitative estimate of drug-likeness (QED) is 0.201. The van der Waals surface area contributed by atoms with E-state index in [1.165, 1.54) is 0 Å². The number of ether oxygens (including phenoxy) is 2. The maximum Gasteiger partial charge on any atom is 0.411 e. The van der Waals surface area contributed by atoms with E-state index < -0.39 is 25.9 Å². The van der Waals surface area contributed by atoms with E-state index in [1.807, 2.05) is 75.1 Å². The number of carbonyl (C=O) groups is 3. The van der Waals surface area contributed by atoms with Gasteiger partial charge < -0.3 is 24.6 Å². The van der Waals surface area contributed by atoms with E-state index in [9.17, 15) is 14.4 Å². The van der Waals surface area contributed by atoms with Gasteiger partial charge in [-0.15, -0.1) is 0 Å². The lowest BCUT2D eigenvalue weighted by Crippen LogP contribution is -2.46. The van der Waals surface area contributed by atoms with Crippen molar-refractivity contribution < 1.29 is 23.9 Å². The Morgan fingerprint density at radius 3 is 2.33 bits per heavy atom. The van der Waals surface area contributed by atoms with Gasteiger partial charge in [-0.05, 0) is 82.5 Å². The summed E-state index contributed by atoms with van der Waals surface area (Å²) in [6, 6.07) is 16.8. The van der Waals surface area contributed by atoms with Gasteiger partial charge in [-0.1, -0.05) is 44.8 Å². The van der Waals surface area contributed by atoms with Crippen molar-refractivity contribution in [3.05, 3.63) is 54.1 Å². The summed E-state index contributed by atoms with van der Waals surface area (Å²) in [6.07, 6.45) is 1.00. The number of rotatable bonds is 11. The highest BCUT2D eigenvalue weighted by molar-refractivity contribution is 6.76. The zero-order valence-corrected chi connectivity index (χ0v) is 28.2. The normalized spacial score (nSPS) is 16.6. The van der Waals surface area contributed by atoms with Crippen LogP contribution in [0.2, 0.25) is 25.7 Å². The van der Waals surface area contributed by atoms with Gasteiger partial charge in [0.15, 0.2) is 0 Å². The van der Waals surface area contributed by atoms with Gasteiger partial charge in [-0.25, -0.2) is 9.59 Å². The second-order valence-electron chi connectivity index (χ2n) is 13.4. The molecule has 2 aromatic carbocycles. The lowest BCUT2D eigenvalue weighted by Gasteiger charge is -2.44. The van der Waals surface area contributed by atoms with Crippen LogP contribution in [0.5, 0.6) is 0 Å². The Balaban J connectivity index is 1.81. The zero-order chi connectivity index (χ0) is 31.8. The van der Waals surface area contributed by atoms with Gasteiger partial charge >= 0.3 is 12.2 Å². The van der Waals surface area contributed by atoms with Crippen LogP contribution >= 0.6 is 0 Å². The Hall–Kier alpha value is -3.53. The van der Waals surface area contributed by atoms with E-state index in [4.69, 9.17) is 9.47 Å². The number of hydrogen-bond donors (Lipinski definition) is 2. The molecule has 3 amide bonds. The molecule has 0 radical (unpaired) electrons. The molecule has 9 nitrogen and oxygen atoms in total. The fourth-order valence-corrected chi connectivity index (χ4v) is 5.90. The highest BCUT2D eigenvalue weighted by Gasteiger charge is 2.36. The van der Waals surface area contributed by atoms with Crippen LogP contribution in [0.4, 0.5) is 26.7 Å². The van der Waals surface area contributed by atoms with Crippen LogP contribution in [0.25, 0.3) is 0 Å². The number of alkyl carbamates (subject to hydrolysis) is 1. The van der Waals surface area contributed by atoms with Crippen molar-refractivity contribution in [2.45, 2.75) is 97.3 Å². The first-order valence-corrected chi connectivity index (χ1v) is 19.1. The summed E-state index contributed by atoms with van der Waals surface area (Å²) in [5.74, 6) is 0.110. The van der Waals surface area contributed by atoms with E-state index in [2.05, 4.69) is 48.2 Å². The van der Waals surface area contributed by atoms with Gasteiger partial charge in [-0.2, -0.15) is 0 Å². The Kier molecular flexibility index (Phi) is 11.7. The van der Waals surface area contributed by atoms with Crippen LogP contribution < -0.4 is 20.4 Å². The second kappa shape index (κ2) is 14.8. The van der Waals surface area contributed by atoms with Crippen LogP contribution in [0.15, 0.2) is 48.5 Å². The first kappa shape index (κ1) is 34.0. The van der Waals surface area contributed by atoms with Gasteiger partial charge in [0, 0.05) is 50.7 Å². The molecule has 1 aliphatic rings. The van der Waals surface area contributed by atoms with Crippen LogP contribution in [-0.4, -0.2) is 57.5 Å². The number of benzene rings is 2. The van der Waals surface area contributed by atoms with E-state index in [1.54, 1.807) is 0 Å². The summed E-state index contributed by atoms with van der Waals surface area (Å²) in [4.78, 5) is 41.8. The van der Waals surface area contributed by atoms with Gasteiger partial charge in [-0.3, -0.25) is 10.1 Å². The molecule has 0 saturated carbocycles. The first-order valence-electron chi connectivity index (χ1n) is 15.4. The summed E-state index contributed by atoms with van der Waals surface area (Å²) in [7, 11) is -1.29. The van der Waals surface area contributed by atoms with Crippen LogP contribution in [-0.2, 0) is 14.3 Å². The predicted molar refractivity (Wildman–Crippen MR) is 177 cm³/mol. The van der Waals surface area contributed by atoms with E-state index in [-0.39, 0.29) is 18.0 Å². The molecule has 2 atom stereocenters. The number of para-hydroxylation sites is 1. The largest absolute Gasteiger partial charge is 0.450 e. The highest BCUT2D eigenvalue weighted by Crippen LogP contribution is 2.42. The van der Waals surface area contributed by atoms with Crippen molar-refractivity contribution in [1.82, 2.24) is 5.32 Å². The number of fused-ring (bicyclic) bond motifs is 1. The van der Waals surface area contributed by atoms with E-state index >= 15 is 0 Å². The average Bonchev–Trinajstić information content (AvgIpc) is 2.91. The summed E-state index contributed by atoms with van der Waals surface area (Å²) >= 11 is 0. The molecule has 0 aromatic heterocycles. The summed E-state index contributed by atoms with van der Waals surface area (Å²) in [5, 5.41) is 5.70. The number of nitrogens with zero attached hydrogens (tertiary/aromatic N) is 2. The Morgan fingerprint density at radius 1 is 1.02 bits per heavy atom. The monoisotopic (exact) mass is 610 g/mol. The lowest BCUT2D eigenvalue weighted by atomic mass is 9.89. The molecule has 0 saturated heterocycles. The molecule has 10 heteroatoms. The first-order chi connectivity index (χ1) is 20.2. The van der Waals surface area contributed by atoms with Crippen LogP contribution in [0, 0.1) is 0 Å². The predicted octanol–water partition coefficient (Wildman–Crippen LogP) is 7.57. The lowest BCUT2D eigenvalue weighted by molar-refractivity contribution is -0.118. The molecular weight excluding hydrogens is 560 g/mol. The summed E-state index contributed by atoms with van der Waals surface area (Å²) in [6.45, 7) is 17.8. The van der Waals surface area contributed by atoms with Gasteiger partial charge in [0.05, 0.1) is 12.6 Å². The molecule has 0 fully saturated rings. The maximum absolute atomic E-state index is 12.9. The maximum atomic E-state index is 12.9. The molecule has 0 unspecified atom stereocenters. The fraction of sp³-hybridized carbons (Fsp3) is 0.545. The average molecular weight is 611 g/mol. The molecule has 2 aromatic rings. The van der Waals surface area contributed by atoms with Gasteiger partial charge in [0.2, 0.25) is 5.91 Å². The molecule has 2 N–H and O–H groups in total. The van der Waals surface area contributed by atoms with E-state index in [0.29, 0.717) is 38.2 Å². The Labute approximate surface area is 258 Å². The number of amides is 3. The number of anilines is 3. The smallest absolute Gasteiger partial charge is 0.411 e. The minimum absolute atomic E-state index is 0.0129. The third kappa shape index (κ3) is 10.3. The van der Waals surface area contributed by atoms with Crippen molar-refractivity contribution in [1.29, 1.82) is 0 Å². The van der Waals surface area contributed by atoms with Crippen LogP contribution in [0.1, 0.15) is 65.5 Å². The Morgan fingerprint density at radius 2 is 1.70 bits per heavy atom. The number of hydrogen-bond acceptors (Lipinski definition) is 6. The highest BCUT2D eigenvalue weighted by atomic mass is 28.3. The molecule has 3 rings (SSSR count). The second-order valence-corrected chi connectivity index (χ2v) is 19.0. The van der Waals surface area contributed by atoms with Crippen molar-refractivity contribution in [3.63, 3.8) is 0 Å². The van der Waals surface area contributed by atoms with Gasteiger partial charge in [0.1, 0.15) is 5.60 Å². The topological polar surface area (TPSA) is 100 Å². The summed E-state index contributed by atoms with van der Waals surface area (Å²) < 4.78 is 10.8. The zero-order valence-electron chi connectivity index (χ0n) is 27.2. The SMILES string of the molecule is CCC(=O)N1c2ccccc2[C@H](N(CCCNC(=O)OC(C)(C)C)c2ccc(NC(=O)OCC[Si](C)(C)C)cc2)C[C@@H]1C. The third-order valence-corrected chi connectivity index (χ3v) is 8.99. The van der Waals surface area contributed by atoms with Crippen LogP contribution in [0.3, 0.4) is 0 Å². The molecular formula is C33H50N4O5Si. The fourth-order valence-electron chi connectivity index (χ4n) is 5.19. The van der Waals surface area contributed by atoms with Crippen molar-refractivity contribution in [2.24, 2.45) is 0 Å². The van der Waals surface area contributed by atoms with Crippen molar-refractivity contribution in [2.75, 3.05) is 34.8 Å². The standard InChI is InChI=1S/C33H50N4O5Si/c1-9-30(38)37-24(2)23-29(27-13-10-11-14-28(27)37)36(20-12-19-34-31(39)42-33(3,4)5)26-17-15-25(16-18-26)35-32(40)41-21-22-43(6,7)8/h10-11,13-18,24,29H,9,12,19-23H2,1-8H3,(H,34,39)(H,35,40)/t24-,29+/m0/s1. The minimum Gasteiger partial charge on any atom is -0.450 e. The molecule has 0 spiro atoms. The summed E-state index contributed by atoms with van der Waals surface area (Å²) in [5.41, 5.74) is 3.11. The molecule has 236 valence electrons. The molecule has 1 heterocycles. The number of carbonyl (C=O) groups excluding carboxylic acids is 3. The van der Waals surface area contributed by atoms with Gasteiger partial charge in [0.25, 0.3) is 0 Å². The van der Waals surface area contributed by atoms with Crippen molar-refractivity contribution >= 4 is 43.2 Å². The molecule has 43 heavy (non-hydrogen) atoms. The minimum atomic E-state index is -1.29. The van der Waals surface area contributed by atoms with E-state index in [0.717, 1.165) is 29.4 Å². The molecule has 1 aliphatic heterocycles. The molecule has 0 bridgehead atoms. The number of nitrogens with one attached hydrogen (secondary N) is 2. The molecule has 0 aliphatic carbocycles. The third-order valence-electron chi connectivity index (χ3n) is 7.28. The Bertz CT molecular complexity index is 1240. The van der Waals surface area contributed by atoms with Crippen molar-refractivity contribution in [3.8, 4) is 0 Å².